The van der Waals surface area contributed by atoms with Gasteiger partial charge in [-0.1, -0.05) is 0 Å². The molecule has 7 nitrogen and oxygen atoms in total. The molecule has 1 fully saturated rings. The van der Waals surface area contributed by atoms with E-state index in [0.717, 1.165) is 13.1 Å². The number of rotatable bonds is 3. The van der Waals surface area contributed by atoms with Crippen LogP contribution in [0.2, 0.25) is 0 Å². The standard InChI is InChI=1S/C15H17N5O2/c1-22-13-11-12(3-6-16-13)14(21)19-7-9-20(10-8-19)15-17-4-2-5-18-15/h2-6,11H,7-10H2,1H3. The molecule has 0 saturated carbocycles. The lowest BCUT2D eigenvalue weighted by atomic mass is 10.2. The van der Waals surface area contributed by atoms with E-state index in [1.54, 1.807) is 36.8 Å². The Labute approximate surface area is 128 Å². The molecule has 1 aliphatic heterocycles. The number of carbonyl (C=O) groups is 1. The number of piperazine rings is 1. The van der Waals surface area contributed by atoms with Crippen molar-refractivity contribution in [2.75, 3.05) is 38.2 Å². The molecule has 1 saturated heterocycles. The van der Waals surface area contributed by atoms with E-state index in [1.807, 2.05) is 4.90 Å². The molecule has 22 heavy (non-hydrogen) atoms. The zero-order valence-corrected chi connectivity index (χ0v) is 12.3. The summed E-state index contributed by atoms with van der Waals surface area (Å²) >= 11 is 0. The van der Waals surface area contributed by atoms with E-state index in [9.17, 15) is 4.79 Å². The van der Waals surface area contributed by atoms with Gasteiger partial charge in [0, 0.05) is 56.4 Å². The third-order valence-corrected chi connectivity index (χ3v) is 3.59. The van der Waals surface area contributed by atoms with Gasteiger partial charge in [0.2, 0.25) is 11.8 Å². The Kier molecular flexibility index (Phi) is 4.13. The zero-order chi connectivity index (χ0) is 15.4. The molecular formula is C15H17N5O2. The number of aromatic nitrogens is 3. The number of nitrogens with zero attached hydrogens (tertiary/aromatic N) is 5. The fourth-order valence-corrected chi connectivity index (χ4v) is 2.40. The van der Waals surface area contributed by atoms with Gasteiger partial charge in [0.1, 0.15) is 0 Å². The summed E-state index contributed by atoms with van der Waals surface area (Å²) in [5.74, 6) is 1.15. The molecule has 0 N–H and O–H groups in total. The van der Waals surface area contributed by atoms with Gasteiger partial charge in [-0.3, -0.25) is 4.79 Å². The minimum absolute atomic E-state index is 0.00525. The molecule has 114 valence electrons. The molecule has 0 spiro atoms. The van der Waals surface area contributed by atoms with Gasteiger partial charge in [-0.25, -0.2) is 15.0 Å². The second kappa shape index (κ2) is 6.38. The fourth-order valence-electron chi connectivity index (χ4n) is 2.40. The highest BCUT2D eigenvalue weighted by molar-refractivity contribution is 5.94. The molecule has 3 heterocycles. The molecule has 0 aromatic carbocycles. The first-order valence-electron chi connectivity index (χ1n) is 7.09. The lowest BCUT2D eigenvalue weighted by Gasteiger charge is -2.34. The normalized spacial score (nSPS) is 14.8. The number of pyridine rings is 1. The predicted octanol–water partition coefficient (Wildman–Crippen LogP) is 0.843. The molecule has 2 aromatic rings. The van der Waals surface area contributed by atoms with E-state index in [-0.39, 0.29) is 5.91 Å². The van der Waals surface area contributed by atoms with E-state index < -0.39 is 0 Å². The monoisotopic (exact) mass is 299 g/mol. The van der Waals surface area contributed by atoms with Crippen molar-refractivity contribution in [3.05, 3.63) is 42.4 Å². The molecular weight excluding hydrogens is 282 g/mol. The average molecular weight is 299 g/mol. The van der Waals surface area contributed by atoms with Crippen molar-refractivity contribution >= 4 is 11.9 Å². The number of amides is 1. The predicted molar refractivity (Wildman–Crippen MR) is 80.9 cm³/mol. The highest BCUT2D eigenvalue weighted by Crippen LogP contribution is 2.14. The van der Waals surface area contributed by atoms with Crippen LogP contribution in [0.25, 0.3) is 0 Å². The van der Waals surface area contributed by atoms with Crippen LogP contribution in [0.15, 0.2) is 36.8 Å². The second-order valence-electron chi connectivity index (χ2n) is 4.91. The summed E-state index contributed by atoms with van der Waals surface area (Å²) in [5.41, 5.74) is 0.594. The van der Waals surface area contributed by atoms with Crippen LogP contribution < -0.4 is 9.64 Å². The Hall–Kier alpha value is -2.70. The Morgan fingerprint density at radius 2 is 1.82 bits per heavy atom. The minimum atomic E-state index is -0.00525. The number of anilines is 1. The molecule has 1 amide bonds. The van der Waals surface area contributed by atoms with E-state index in [2.05, 4.69) is 19.9 Å². The summed E-state index contributed by atoms with van der Waals surface area (Å²) in [4.78, 5) is 28.9. The van der Waals surface area contributed by atoms with Gasteiger partial charge in [0.25, 0.3) is 5.91 Å². The Morgan fingerprint density at radius 1 is 1.09 bits per heavy atom. The highest BCUT2D eigenvalue weighted by atomic mass is 16.5. The van der Waals surface area contributed by atoms with E-state index in [4.69, 9.17) is 4.74 Å². The summed E-state index contributed by atoms with van der Waals surface area (Å²) < 4.78 is 5.06. The molecule has 2 aromatic heterocycles. The Morgan fingerprint density at radius 3 is 2.50 bits per heavy atom. The first kappa shape index (κ1) is 14.2. The van der Waals surface area contributed by atoms with Crippen LogP contribution in [0.3, 0.4) is 0 Å². The SMILES string of the molecule is COc1cc(C(=O)N2CCN(c3ncccn3)CC2)ccn1. The van der Waals surface area contributed by atoms with Crippen LogP contribution >= 0.6 is 0 Å². The van der Waals surface area contributed by atoms with Crippen LogP contribution in [0, 0.1) is 0 Å². The van der Waals surface area contributed by atoms with Crippen LogP contribution in [0.4, 0.5) is 5.95 Å². The summed E-state index contributed by atoms with van der Waals surface area (Å²) in [6.07, 6.45) is 5.03. The molecule has 0 unspecified atom stereocenters. The summed E-state index contributed by atoms with van der Waals surface area (Å²) in [6.45, 7) is 2.72. The van der Waals surface area contributed by atoms with Gasteiger partial charge < -0.3 is 14.5 Å². The first-order valence-corrected chi connectivity index (χ1v) is 7.09. The molecule has 0 atom stereocenters. The van der Waals surface area contributed by atoms with Crippen LogP contribution in [0.1, 0.15) is 10.4 Å². The van der Waals surface area contributed by atoms with Crippen LogP contribution in [0.5, 0.6) is 5.88 Å². The van der Waals surface area contributed by atoms with Gasteiger partial charge in [0.15, 0.2) is 0 Å². The van der Waals surface area contributed by atoms with Crippen molar-refractivity contribution in [3.63, 3.8) is 0 Å². The third-order valence-electron chi connectivity index (χ3n) is 3.59. The van der Waals surface area contributed by atoms with Gasteiger partial charge in [0.05, 0.1) is 7.11 Å². The largest absolute Gasteiger partial charge is 0.481 e. The Bertz CT molecular complexity index is 641. The molecule has 0 radical (unpaired) electrons. The molecule has 7 heteroatoms. The zero-order valence-electron chi connectivity index (χ0n) is 12.3. The van der Waals surface area contributed by atoms with Crippen molar-refractivity contribution in [2.45, 2.75) is 0 Å². The maximum absolute atomic E-state index is 12.5. The smallest absolute Gasteiger partial charge is 0.254 e. The van der Waals surface area contributed by atoms with Crippen molar-refractivity contribution in [1.29, 1.82) is 0 Å². The second-order valence-corrected chi connectivity index (χ2v) is 4.91. The van der Waals surface area contributed by atoms with Gasteiger partial charge in [-0.2, -0.15) is 0 Å². The van der Waals surface area contributed by atoms with Crippen molar-refractivity contribution in [2.24, 2.45) is 0 Å². The number of hydrogen-bond donors (Lipinski definition) is 0. The van der Waals surface area contributed by atoms with Crippen LogP contribution in [-0.4, -0.2) is 59.0 Å². The number of hydrogen-bond acceptors (Lipinski definition) is 6. The lowest BCUT2D eigenvalue weighted by molar-refractivity contribution is 0.0745. The number of ether oxygens (including phenoxy) is 1. The molecule has 3 rings (SSSR count). The maximum Gasteiger partial charge on any atom is 0.254 e. The number of carbonyl (C=O) groups excluding carboxylic acids is 1. The van der Waals surface area contributed by atoms with Crippen molar-refractivity contribution in [3.8, 4) is 5.88 Å². The first-order chi connectivity index (χ1) is 10.8. The topological polar surface area (TPSA) is 71.5 Å². The molecule has 1 aliphatic rings. The maximum atomic E-state index is 12.5. The quantitative estimate of drug-likeness (QED) is 0.836. The average Bonchev–Trinajstić information content (AvgIpc) is 2.62. The van der Waals surface area contributed by atoms with E-state index in [0.29, 0.717) is 30.5 Å². The van der Waals surface area contributed by atoms with Crippen LogP contribution in [-0.2, 0) is 0 Å². The van der Waals surface area contributed by atoms with E-state index in [1.165, 1.54) is 7.11 Å². The van der Waals surface area contributed by atoms with E-state index >= 15 is 0 Å². The summed E-state index contributed by atoms with van der Waals surface area (Å²) in [5, 5.41) is 0. The van der Waals surface area contributed by atoms with Gasteiger partial charge in [-0.05, 0) is 12.1 Å². The lowest BCUT2D eigenvalue weighted by Crippen LogP contribution is -2.49. The summed E-state index contributed by atoms with van der Waals surface area (Å²) in [6, 6.07) is 5.16. The molecule has 0 bridgehead atoms. The Balaban J connectivity index is 1.64. The van der Waals surface area contributed by atoms with Gasteiger partial charge >= 0.3 is 0 Å². The molecule has 0 aliphatic carbocycles. The van der Waals surface area contributed by atoms with Crippen molar-refractivity contribution < 1.29 is 9.53 Å². The minimum Gasteiger partial charge on any atom is -0.481 e. The highest BCUT2D eigenvalue weighted by Gasteiger charge is 2.23. The van der Waals surface area contributed by atoms with Crippen molar-refractivity contribution in [1.82, 2.24) is 19.9 Å². The number of methoxy groups -OCH3 is 1. The third kappa shape index (κ3) is 2.98. The van der Waals surface area contributed by atoms with Gasteiger partial charge in [-0.15, -0.1) is 0 Å². The summed E-state index contributed by atoms with van der Waals surface area (Å²) in [7, 11) is 1.54. The fraction of sp³-hybridized carbons (Fsp3) is 0.333.